The molecule has 0 spiro atoms. The standard InChI is InChI=1S/C19H23N3O/c1-12-10-13(2)22(21-12)17-9-4-3-6-14(17)11-20-19(23)18-15-7-5-8-16(15)18/h3-4,6,9-10,15-16,18H,5,7-8,11H2,1-2H3,(H,20,23)/t15-,16+,18?. The molecule has 0 aliphatic heterocycles. The predicted molar refractivity (Wildman–Crippen MR) is 89.2 cm³/mol. The minimum atomic E-state index is 0.239. The van der Waals surface area contributed by atoms with Crippen molar-refractivity contribution in [3.63, 3.8) is 0 Å². The molecule has 23 heavy (non-hydrogen) atoms. The van der Waals surface area contributed by atoms with Crippen LogP contribution in [0.4, 0.5) is 0 Å². The summed E-state index contributed by atoms with van der Waals surface area (Å²) >= 11 is 0. The van der Waals surface area contributed by atoms with Crippen molar-refractivity contribution >= 4 is 5.91 Å². The third-order valence-corrected chi connectivity index (χ3v) is 5.39. The number of aryl methyl sites for hydroxylation is 2. The quantitative estimate of drug-likeness (QED) is 0.943. The molecule has 2 aliphatic rings. The van der Waals surface area contributed by atoms with Crippen LogP contribution >= 0.6 is 0 Å². The van der Waals surface area contributed by atoms with Crippen molar-refractivity contribution in [1.29, 1.82) is 0 Å². The minimum absolute atomic E-state index is 0.239. The smallest absolute Gasteiger partial charge is 0.223 e. The van der Waals surface area contributed by atoms with Crippen LogP contribution in [0.3, 0.4) is 0 Å². The highest BCUT2D eigenvalue weighted by atomic mass is 16.2. The van der Waals surface area contributed by atoms with Crippen LogP contribution in [0.2, 0.25) is 0 Å². The third kappa shape index (κ3) is 2.56. The zero-order valence-electron chi connectivity index (χ0n) is 13.7. The van der Waals surface area contributed by atoms with Crippen molar-refractivity contribution < 1.29 is 4.79 Å². The molecule has 1 heterocycles. The fourth-order valence-corrected chi connectivity index (χ4v) is 4.25. The Labute approximate surface area is 136 Å². The van der Waals surface area contributed by atoms with Crippen molar-refractivity contribution in [1.82, 2.24) is 15.1 Å². The maximum atomic E-state index is 12.4. The van der Waals surface area contributed by atoms with Crippen LogP contribution in [-0.4, -0.2) is 15.7 Å². The first kappa shape index (κ1) is 14.5. The molecule has 1 unspecified atom stereocenters. The lowest BCUT2D eigenvalue weighted by Crippen LogP contribution is -2.26. The second-order valence-corrected chi connectivity index (χ2v) is 6.97. The molecule has 1 amide bonds. The van der Waals surface area contributed by atoms with Gasteiger partial charge in [-0.15, -0.1) is 0 Å². The van der Waals surface area contributed by atoms with Gasteiger partial charge < -0.3 is 5.32 Å². The van der Waals surface area contributed by atoms with Gasteiger partial charge in [-0.1, -0.05) is 24.6 Å². The van der Waals surface area contributed by atoms with E-state index >= 15 is 0 Å². The molecular formula is C19H23N3O. The topological polar surface area (TPSA) is 46.9 Å². The summed E-state index contributed by atoms with van der Waals surface area (Å²) in [7, 11) is 0. The van der Waals surface area contributed by atoms with Gasteiger partial charge in [0.05, 0.1) is 11.4 Å². The van der Waals surface area contributed by atoms with Crippen LogP contribution in [0, 0.1) is 31.6 Å². The molecule has 4 nitrogen and oxygen atoms in total. The number of amides is 1. The Balaban J connectivity index is 1.49. The Kier molecular flexibility index (Phi) is 3.47. The van der Waals surface area contributed by atoms with Gasteiger partial charge in [-0.25, -0.2) is 4.68 Å². The Morgan fingerprint density at radius 2 is 2.00 bits per heavy atom. The van der Waals surface area contributed by atoms with Crippen molar-refractivity contribution in [2.45, 2.75) is 39.7 Å². The highest BCUT2D eigenvalue weighted by molar-refractivity contribution is 5.82. The molecule has 1 aromatic heterocycles. The number of nitrogens with one attached hydrogen (secondary N) is 1. The van der Waals surface area contributed by atoms with Gasteiger partial charge in [0.25, 0.3) is 0 Å². The Bertz CT molecular complexity index is 739. The first-order chi connectivity index (χ1) is 11.1. The number of aromatic nitrogens is 2. The molecule has 1 N–H and O–H groups in total. The fraction of sp³-hybridized carbons (Fsp3) is 0.474. The first-order valence-corrected chi connectivity index (χ1v) is 8.54. The SMILES string of the molecule is Cc1cc(C)n(-c2ccccc2CNC(=O)C2[C@H]3CCC[C@@H]23)n1. The second kappa shape index (κ2) is 5.52. The molecule has 1 aromatic carbocycles. The van der Waals surface area contributed by atoms with E-state index in [9.17, 15) is 4.79 Å². The molecule has 2 fully saturated rings. The van der Waals surface area contributed by atoms with E-state index < -0.39 is 0 Å². The lowest BCUT2D eigenvalue weighted by Gasteiger charge is -2.12. The maximum Gasteiger partial charge on any atom is 0.223 e. The first-order valence-electron chi connectivity index (χ1n) is 8.54. The van der Waals surface area contributed by atoms with Crippen molar-refractivity contribution in [2.24, 2.45) is 17.8 Å². The number of hydrogen-bond donors (Lipinski definition) is 1. The molecule has 2 aliphatic carbocycles. The highest BCUT2D eigenvalue weighted by Crippen LogP contribution is 2.57. The van der Waals surface area contributed by atoms with E-state index in [0.29, 0.717) is 18.4 Å². The lowest BCUT2D eigenvalue weighted by atomic mass is 10.1. The maximum absolute atomic E-state index is 12.4. The molecule has 120 valence electrons. The summed E-state index contributed by atoms with van der Waals surface area (Å²) in [5, 5.41) is 7.71. The molecule has 2 saturated carbocycles. The van der Waals surface area contributed by atoms with E-state index in [1.807, 2.05) is 23.7 Å². The van der Waals surface area contributed by atoms with Gasteiger partial charge in [-0.3, -0.25) is 4.79 Å². The number of rotatable bonds is 4. The van der Waals surface area contributed by atoms with Crippen molar-refractivity contribution in [3.05, 3.63) is 47.3 Å². The third-order valence-electron chi connectivity index (χ3n) is 5.39. The molecule has 4 rings (SSSR count). The zero-order chi connectivity index (χ0) is 16.0. The summed E-state index contributed by atoms with van der Waals surface area (Å²) in [6.45, 7) is 4.63. The largest absolute Gasteiger partial charge is 0.352 e. The summed E-state index contributed by atoms with van der Waals surface area (Å²) in [5.41, 5.74) is 4.28. The summed E-state index contributed by atoms with van der Waals surface area (Å²) in [6.07, 6.45) is 3.79. The van der Waals surface area contributed by atoms with E-state index in [2.05, 4.69) is 35.5 Å². The molecule has 0 saturated heterocycles. The second-order valence-electron chi connectivity index (χ2n) is 6.97. The summed E-state index contributed by atoms with van der Waals surface area (Å²) in [4.78, 5) is 12.4. The molecule has 3 atom stereocenters. The average Bonchev–Trinajstić information content (AvgIpc) is 2.86. The number of para-hydroxylation sites is 1. The van der Waals surface area contributed by atoms with Gasteiger partial charge in [0.1, 0.15) is 0 Å². The van der Waals surface area contributed by atoms with Crippen LogP contribution in [0.5, 0.6) is 0 Å². The normalized spacial score (nSPS) is 25.2. The van der Waals surface area contributed by atoms with Crippen LogP contribution in [-0.2, 0) is 11.3 Å². The zero-order valence-corrected chi connectivity index (χ0v) is 13.7. The molecule has 4 heteroatoms. The number of benzene rings is 1. The van der Waals surface area contributed by atoms with Crippen molar-refractivity contribution in [2.75, 3.05) is 0 Å². The van der Waals surface area contributed by atoms with Crippen LogP contribution < -0.4 is 5.32 Å². The van der Waals surface area contributed by atoms with E-state index in [0.717, 1.165) is 22.6 Å². The molecule has 0 radical (unpaired) electrons. The number of fused-ring (bicyclic) bond motifs is 1. The number of carbonyl (C=O) groups excluding carboxylic acids is 1. The van der Waals surface area contributed by atoms with E-state index in [4.69, 9.17) is 0 Å². The molecular weight excluding hydrogens is 286 g/mol. The average molecular weight is 309 g/mol. The van der Waals surface area contributed by atoms with Gasteiger partial charge in [0.2, 0.25) is 5.91 Å². The van der Waals surface area contributed by atoms with E-state index in [1.165, 1.54) is 19.3 Å². The number of hydrogen-bond acceptors (Lipinski definition) is 2. The van der Waals surface area contributed by atoms with Crippen LogP contribution in [0.25, 0.3) is 5.69 Å². The predicted octanol–water partition coefficient (Wildman–Crippen LogP) is 3.15. The van der Waals surface area contributed by atoms with Gasteiger partial charge in [0.15, 0.2) is 0 Å². The van der Waals surface area contributed by atoms with Crippen molar-refractivity contribution in [3.8, 4) is 5.69 Å². The van der Waals surface area contributed by atoms with E-state index in [-0.39, 0.29) is 11.8 Å². The number of nitrogens with zero attached hydrogens (tertiary/aromatic N) is 2. The summed E-state index contributed by atoms with van der Waals surface area (Å²) < 4.78 is 1.96. The van der Waals surface area contributed by atoms with Crippen LogP contribution in [0.15, 0.2) is 30.3 Å². The van der Waals surface area contributed by atoms with E-state index in [1.54, 1.807) is 0 Å². The van der Waals surface area contributed by atoms with Gasteiger partial charge in [-0.05, 0) is 56.2 Å². The van der Waals surface area contributed by atoms with Crippen LogP contribution in [0.1, 0.15) is 36.2 Å². The Morgan fingerprint density at radius 1 is 1.26 bits per heavy atom. The van der Waals surface area contributed by atoms with Gasteiger partial charge >= 0.3 is 0 Å². The summed E-state index contributed by atoms with van der Waals surface area (Å²) in [5.74, 6) is 1.86. The Morgan fingerprint density at radius 3 is 2.70 bits per heavy atom. The fourth-order valence-electron chi connectivity index (χ4n) is 4.25. The Hall–Kier alpha value is -2.10. The van der Waals surface area contributed by atoms with Gasteiger partial charge in [-0.2, -0.15) is 5.10 Å². The highest BCUT2D eigenvalue weighted by Gasteiger charge is 2.56. The molecule has 0 bridgehead atoms. The molecule has 2 aromatic rings. The monoisotopic (exact) mass is 309 g/mol. The summed E-state index contributed by atoms with van der Waals surface area (Å²) in [6, 6.07) is 10.2. The number of carbonyl (C=O) groups is 1. The lowest BCUT2D eigenvalue weighted by molar-refractivity contribution is -0.123. The van der Waals surface area contributed by atoms with Gasteiger partial charge in [0, 0.05) is 18.2 Å². The minimum Gasteiger partial charge on any atom is -0.352 e.